The van der Waals surface area contributed by atoms with Crippen LogP contribution >= 0.6 is 0 Å². The normalized spacial score (nSPS) is 12.6. The number of esters is 3. The summed E-state index contributed by atoms with van der Waals surface area (Å²) in [7, 11) is 0. The Balaban J connectivity index is 4.18. The van der Waals surface area contributed by atoms with Crippen LogP contribution in [0, 0.1) is 0 Å². The molecule has 0 radical (unpaired) electrons. The summed E-state index contributed by atoms with van der Waals surface area (Å²) in [6.45, 7) is 6.49. The summed E-state index contributed by atoms with van der Waals surface area (Å²) in [5, 5.41) is 0. The Morgan fingerprint density at radius 1 is 0.323 bits per heavy atom. The Hall–Kier alpha value is -3.15. The summed E-state index contributed by atoms with van der Waals surface area (Å²) in [5.41, 5.74) is 0. The highest BCUT2D eigenvalue weighted by Gasteiger charge is 2.19. The average molecular weight is 907 g/mol. The second-order valence-corrected chi connectivity index (χ2v) is 18.1. The monoisotopic (exact) mass is 907 g/mol. The van der Waals surface area contributed by atoms with Crippen LogP contribution in [0.2, 0.25) is 0 Å². The predicted molar refractivity (Wildman–Crippen MR) is 279 cm³/mol. The molecule has 0 spiro atoms. The van der Waals surface area contributed by atoms with Gasteiger partial charge in [0.05, 0.1) is 0 Å². The Labute approximate surface area is 402 Å². The summed E-state index contributed by atoms with van der Waals surface area (Å²) in [5.74, 6) is -0.883. The predicted octanol–water partition coefficient (Wildman–Crippen LogP) is 18.2. The fourth-order valence-electron chi connectivity index (χ4n) is 7.62. The molecule has 1 unspecified atom stereocenters. The standard InChI is InChI=1S/C59H102O6/c1-4-7-10-13-16-19-21-23-24-25-26-27-28-29-30-31-32-33-34-35-36-37-39-40-43-46-49-52-58(61)64-55-56(54-63-57(60)51-48-45-42-18-15-12-9-6-3)65-59(62)53-50-47-44-41-38-22-20-17-14-11-8-5-2/h7,10,16,19,23-24,26-27,29-30,32-33,56H,4-6,8-9,11-15,17-18,20-22,25,28,31,34-55H2,1-3H3/b10-7-,19-16-,24-23-,27-26-,30-29-,33-32-. The van der Waals surface area contributed by atoms with Crippen molar-refractivity contribution in [3.8, 4) is 0 Å². The molecule has 374 valence electrons. The van der Waals surface area contributed by atoms with Crippen LogP contribution in [0.5, 0.6) is 0 Å². The molecule has 0 heterocycles. The number of hydrogen-bond acceptors (Lipinski definition) is 6. The van der Waals surface area contributed by atoms with Crippen molar-refractivity contribution in [2.45, 2.75) is 271 Å². The summed E-state index contributed by atoms with van der Waals surface area (Å²) < 4.78 is 16.8. The Bertz CT molecular complexity index is 1230. The van der Waals surface area contributed by atoms with Gasteiger partial charge in [0.1, 0.15) is 13.2 Å². The van der Waals surface area contributed by atoms with Gasteiger partial charge in [-0.1, -0.05) is 248 Å². The lowest BCUT2D eigenvalue weighted by Crippen LogP contribution is -2.30. The lowest BCUT2D eigenvalue weighted by molar-refractivity contribution is -0.167. The fraction of sp³-hybridized carbons (Fsp3) is 0.746. The third-order valence-corrected chi connectivity index (χ3v) is 11.7. The van der Waals surface area contributed by atoms with Crippen LogP contribution in [0.15, 0.2) is 72.9 Å². The molecule has 0 rings (SSSR count). The van der Waals surface area contributed by atoms with E-state index < -0.39 is 6.10 Å². The van der Waals surface area contributed by atoms with E-state index in [9.17, 15) is 14.4 Å². The molecule has 0 fully saturated rings. The maximum absolute atomic E-state index is 12.8. The van der Waals surface area contributed by atoms with Crippen LogP contribution in [0.1, 0.15) is 265 Å². The van der Waals surface area contributed by atoms with Crippen molar-refractivity contribution in [3.63, 3.8) is 0 Å². The molecule has 0 aliphatic rings. The third kappa shape index (κ3) is 51.7. The zero-order valence-corrected chi connectivity index (χ0v) is 42.7. The number of hydrogen-bond donors (Lipinski definition) is 0. The SMILES string of the molecule is CC/C=C\C/C=C\C/C=C\C/C=C\C/C=C\C/C=C\CCCCCCCCCCC(=O)OCC(COC(=O)CCCCCCCCCC)OC(=O)CCCCCCCCCCCCCC. The van der Waals surface area contributed by atoms with Crippen LogP contribution in [0.4, 0.5) is 0 Å². The van der Waals surface area contributed by atoms with Gasteiger partial charge in [0.2, 0.25) is 0 Å². The number of carbonyl (C=O) groups is 3. The first-order chi connectivity index (χ1) is 32.0. The maximum Gasteiger partial charge on any atom is 0.306 e. The highest BCUT2D eigenvalue weighted by Crippen LogP contribution is 2.15. The average Bonchev–Trinajstić information content (AvgIpc) is 3.30. The minimum Gasteiger partial charge on any atom is -0.462 e. The van der Waals surface area contributed by atoms with Crippen LogP contribution in [0.3, 0.4) is 0 Å². The van der Waals surface area contributed by atoms with Crippen LogP contribution in [-0.2, 0) is 28.6 Å². The summed E-state index contributed by atoms with van der Waals surface area (Å²) in [6, 6.07) is 0. The Morgan fingerprint density at radius 2 is 0.600 bits per heavy atom. The zero-order chi connectivity index (χ0) is 47.2. The van der Waals surface area contributed by atoms with Crippen molar-refractivity contribution in [2.24, 2.45) is 0 Å². The van der Waals surface area contributed by atoms with Crippen LogP contribution in [-0.4, -0.2) is 37.2 Å². The number of rotatable bonds is 49. The first-order valence-electron chi connectivity index (χ1n) is 27.4. The van der Waals surface area contributed by atoms with Gasteiger partial charge in [-0.3, -0.25) is 14.4 Å². The topological polar surface area (TPSA) is 78.9 Å². The van der Waals surface area contributed by atoms with E-state index in [2.05, 4.69) is 93.7 Å². The molecule has 0 N–H and O–H groups in total. The number of ether oxygens (including phenoxy) is 3. The van der Waals surface area contributed by atoms with Crippen molar-refractivity contribution >= 4 is 17.9 Å². The van der Waals surface area contributed by atoms with Gasteiger partial charge in [-0.25, -0.2) is 0 Å². The van der Waals surface area contributed by atoms with E-state index in [0.717, 1.165) is 103 Å². The summed E-state index contributed by atoms with van der Waals surface area (Å²) >= 11 is 0. The molecule has 0 saturated carbocycles. The molecule has 1 atom stereocenters. The smallest absolute Gasteiger partial charge is 0.306 e. The molecule has 0 amide bonds. The van der Waals surface area contributed by atoms with Gasteiger partial charge in [-0.15, -0.1) is 0 Å². The molecule has 0 saturated heterocycles. The lowest BCUT2D eigenvalue weighted by Gasteiger charge is -2.18. The van der Waals surface area contributed by atoms with E-state index in [1.165, 1.54) is 122 Å². The molecule has 0 aromatic rings. The van der Waals surface area contributed by atoms with Gasteiger partial charge in [0.15, 0.2) is 6.10 Å². The van der Waals surface area contributed by atoms with E-state index in [1.807, 2.05) is 0 Å². The van der Waals surface area contributed by atoms with Crippen LogP contribution in [0.25, 0.3) is 0 Å². The van der Waals surface area contributed by atoms with Gasteiger partial charge in [0.25, 0.3) is 0 Å². The minimum absolute atomic E-state index is 0.0747. The lowest BCUT2D eigenvalue weighted by atomic mass is 10.0. The Morgan fingerprint density at radius 3 is 0.938 bits per heavy atom. The number of allylic oxidation sites excluding steroid dienone is 12. The molecule has 0 bridgehead atoms. The van der Waals surface area contributed by atoms with Gasteiger partial charge in [0, 0.05) is 19.3 Å². The van der Waals surface area contributed by atoms with Gasteiger partial charge in [-0.2, -0.15) is 0 Å². The highest BCUT2D eigenvalue weighted by molar-refractivity contribution is 5.71. The number of unbranched alkanes of at least 4 members (excludes halogenated alkanes) is 26. The van der Waals surface area contributed by atoms with E-state index in [1.54, 1.807) is 0 Å². The van der Waals surface area contributed by atoms with E-state index >= 15 is 0 Å². The van der Waals surface area contributed by atoms with E-state index in [-0.39, 0.29) is 31.1 Å². The molecule has 0 aliphatic carbocycles. The van der Waals surface area contributed by atoms with Gasteiger partial charge < -0.3 is 14.2 Å². The molecule has 0 aromatic heterocycles. The molecule has 0 aromatic carbocycles. The molecule has 0 aliphatic heterocycles. The largest absolute Gasteiger partial charge is 0.462 e. The fourth-order valence-corrected chi connectivity index (χ4v) is 7.62. The quantitative estimate of drug-likeness (QED) is 0.0262. The molecular formula is C59H102O6. The van der Waals surface area contributed by atoms with E-state index in [0.29, 0.717) is 19.3 Å². The molecule has 6 nitrogen and oxygen atoms in total. The van der Waals surface area contributed by atoms with Crippen molar-refractivity contribution in [1.82, 2.24) is 0 Å². The second-order valence-electron chi connectivity index (χ2n) is 18.1. The maximum atomic E-state index is 12.8. The first-order valence-corrected chi connectivity index (χ1v) is 27.4. The third-order valence-electron chi connectivity index (χ3n) is 11.7. The molecular weight excluding hydrogens is 805 g/mol. The van der Waals surface area contributed by atoms with Gasteiger partial charge in [-0.05, 0) is 70.6 Å². The minimum atomic E-state index is -0.773. The zero-order valence-electron chi connectivity index (χ0n) is 42.7. The van der Waals surface area contributed by atoms with Crippen molar-refractivity contribution in [2.75, 3.05) is 13.2 Å². The molecule has 65 heavy (non-hydrogen) atoms. The van der Waals surface area contributed by atoms with Gasteiger partial charge >= 0.3 is 17.9 Å². The van der Waals surface area contributed by atoms with E-state index in [4.69, 9.17) is 14.2 Å². The first kappa shape index (κ1) is 61.9. The van der Waals surface area contributed by atoms with Crippen LogP contribution < -0.4 is 0 Å². The van der Waals surface area contributed by atoms with Crippen molar-refractivity contribution < 1.29 is 28.6 Å². The Kier molecular flexibility index (Phi) is 50.9. The summed E-state index contributed by atoms with van der Waals surface area (Å²) in [4.78, 5) is 37.9. The van der Waals surface area contributed by atoms with Crippen molar-refractivity contribution in [3.05, 3.63) is 72.9 Å². The second kappa shape index (κ2) is 53.5. The summed E-state index contributed by atoms with van der Waals surface area (Å²) in [6.07, 6.45) is 67.6. The highest BCUT2D eigenvalue weighted by atomic mass is 16.6. The molecule has 6 heteroatoms. The van der Waals surface area contributed by atoms with Crippen molar-refractivity contribution in [1.29, 1.82) is 0 Å². The number of carbonyl (C=O) groups excluding carboxylic acids is 3.